The van der Waals surface area contributed by atoms with Gasteiger partial charge in [0.2, 0.25) is 5.91 Å². The number of para-hydroxylation sites is 1. The van der Waals surface area contributed by atoms with E-state index >= 15 is 0 Å². The van der Waals surface area contributed by atoms with Gasteiger partial charge in [-0.1, -0.05) is 12.1 Å². The number of rotatable bonds is 2. The van der Waals surface area contributed by atoms with Crippen LogP contribution in [0.25, 0.3) is 0 Å². The predicted molar refractivity (Wildman–Crippen MR) is 96.2 cm³/mol. The van der Waals surface area contributed by atoms with Crippen LogP contribution in [0.15, 0.2) is 60.3 Å². The molecule has 1 atom stereocenters. The first-order valence-electron chi connectivity index (χ1n) is 7.77. The lowest BCUT2D eigenvalue weighted by atomic mass is 10.0. The molecule has 0 N–H and O–H groups in total. The van der Waals surface area contributed by atoms with Gasteiger partial charge in [0.25, 0.3) is 0 Å². The third-order valence-electron chi connectivity index (χ3n) is 4.13. The highest BCUT2D eigenvalue weighted by molar-refractivity contribution is 8.00. The molecule has 0 saturated carbocycles. The van der Waals surface area contributed by atoms with E-state index in [1.165, 1.54) is 16.7 Å². The standard InChI is InChI=1S/C19H15NO4S/c1-23-13-8-6-12(7-9-13)20-10-15-18(22)14-4-2-3-5-16(14)24-19(15)25-11-17(20)21/h2-10,19H,11H2,1H3. The van der Waals surface area contributed by atoms with Crippen LogP contribution in [0.2, 0.25) is 0 Å². The summed E-state index contributed by atoms with van der Waals surface area (Å²) in [6, 6.07) is 14.3. The maximum absolute atomic E-state index is 12.9. The number of amides is 1. The molecule has 126 valence electrons. The molecule has 2 aromatic carbocycles. The zero-order valence-electron chi connectivity index (χ0n) is 13.5. The molecule has 0 radical (unpaired) electrons. The first kappa shape index (κ1) is 15.8. The Balaban J connectivity index is 1.75. The lowest BCUT2D eigenvalue weighted by molar-refractivity contribution is -0.115. The normalized spacial score (nSPS) is 19.3. The Morgan fingerprint density at radius 1 is 1.12 bits per heavy atom. The van der Waals surface area contributed by atoms with Crippen molar-refractivity contribution < 1.29 is 19.1 Å². The number of Topliss-reactive ketones (excluding diaryl/α,β-unsaturated/α-hetero) is 1. The third kappa shape index (κ3) is 2.78. The van der Waals surface area contributed by atoms with Crippen molar-refractivity contribution in [3.8, 4) is 11.5 Å². The fourth-order valence-electron chi connectivity index (χ4n) is 2.83. The summed E-state index contributed by atoms with van der Waals surface area (Å²) in [5.41, 5.74) is 1.21. The number of ketones is 1. The summed E-state index contributed by atoms with van der Waals surface area (Å²) in [7, 11) is 1.59. The number of ether oxygens (including phenoxy) is 2. The van der Waals surface area contributed by atoms with Gasteiger partial charge in [-0.05, 0) is 36.4 Å². The predicted octanol–water partition coefficient (Wildman–Crippen LogP) is 3.26. The Morgan fingerprint density at radius 3 is 2.64 bits per heavy atom. The molecule has 0 saturated heterocycles. The Kier molecular flexibility index (Phi) is 3.97. The van der Waals surface area contributed by atoms with E-state index in [9.17, 15) is 9.59 Å². The minimum absolute atomic E-state index is 0.0995. The fraction of sp³-hybridized carbons (Fsp3) is 0.158. The van der Waals surface area contributed by atoms with Crippen LogP contribution in [0.4, 0.5) is 5.69 Å². The van der Waals surface area contributed by atoms with E-state index in [0.717, 1.165) is 0 Å². The summed E-state index contributed by atoms with van der Waals surface area (Å²) in [6.45, 7) is 0. The van der Waals surface area contributed by atoms with Gasteiger partial charge in [-0.3, -0.25) is 14.5 Å². The Morgan fingerprint density at radius 2 is 1.88 bits per heavy atom. The monoisotopic (exact) mass is 353 g/mol. The van der Waals surface area contributed by atoms with Crippen molar-refractivity contribution in [2.75, 3.05) is 17.8 Å². The quantitative estimate of drug-likeness (QED) is 0.829. The highest BCUT2D eigenvalue weighted by atomic mass is 32.2. The topological polar surface area (TPSA) is 55.8 Å². The molecule has 1 amide bonds. The molecule has 0 spiro atoms. The van der Waals surface area contributed by atoms with Crippen LogP contribution in [0, 0.1) is 0 Å². The van der Waals surface area contributed by atoms with E-state index in [-0.39, 0.29) is 17.4 Å². The maximum atomic E-state index is 12.9. The molecule has 2 aromatic rings. The van der Waals surface area contributed by atoms with Gasteiger partial charge in [0.1, 0.15) is 11.5 Å². The Hall–Kier alpha value is -2.73. The zero-order chi connectivity index (χ0) is 17.4. The average molecular weight is 353 g/mol. The number of carbonyl (C=O) groups excluding carboxylic acids is 2. The molecule has 2 aliphatic heterocycles. The molecule has 0 bridgehead atoms. The molecule has 0 aromatic heterocycles. The van der Waals surface area contributed by atoms with Gasteiger partial charge in [0.05, 0.1) is 24.0 Å². The van der Waals surface area contributed by atoms with Crippen LogP contribution in [0.5, 0.6) is 11.5 Å². The molecule has 2 aliphatic rings. The van der Waals surface area contributed by atoms with E-state index in [1.807, 2.05) is 6.07 Å². The summed E-state index contributed by atoms with van der Waals surface area (Å²) in [5.74, 6) is 1.29. The SMILES string of the molecule is COc1ccc(N2C=C3C(=O)c4ccccc4OC3SCC2=O)cc1. The molecule has 0 fully saturated rings. The summed E-state index contributed by atoms with van der Waals surface area (Å²) in [5, 5.41) is 0. The van der Waals surface area contributed by atoms with Crippen LogP contribution in [-0.4, -0.2) is 30.0 Å². The number of methoxy groups -OCH3 is 1. The minimum atomic E-state index is -0.477. The van der Waals surface area contributed by atoms with E-state index in [1.54, 1.807) is 55.8 Å². The number of carbonyl (C=O) groups is 2. The van der Waals surface area contributed by atoms with Crippen LogP contribution < -0.4 is 14.4 Å². The second kappa shape index (κ2) is 6.29. The Bertz CT molecular complexity index is 875. The van der Waals surface area contributed by atoms with Gasteiger partial charge >= 0.3 is 0 Å². The number of benzene rings is 2. The van der Waals surface area contributed by atoms with E-state index in [2.05, 4.69) is 0 Å². The number of nitrogens with zero attached hydrogens (tertiary/aromatic N) is 1. The summed E-state index contributed by atoms with van der Waals surface area (Å²) in [4.78, 5) is 26.9. The van der Waals surface area contributed by atoms with Crippen molar-refractivity contribution in [2.45, 2.75) is 5.44 Å². The zero-order valence-corrected chi connectivity index (χ0v) is 14.3. The molecule has 6 heteroatoms. The van der Waals surface area contributed by atoms with Crippen LogP contribution >= 0.6 is 11.8 Å². The van der Waals surface area contributed by atoms with Crippen LogP contribution in [0.1, 0.15) is 10.4 Å². The first-order valence-corrected chi connectivity index (χ1v) is 8.82. The maximum Gasteiger partial charge on any atom is 0.241 e. The van der Waals surface area contributed by atoms with Crippen molar-refractivity contribution in [3.05, 3.63) is 65.9 Å². The smallest absolute Gasteiger partial charge is 0.241 e. The van der Waals surface area contributed by atoms with Crippen molar-refractivity contribution in [1.29, 1.82) is 0 Å². The van der Waals surface area contributed by atoms with E-state index in [4.69, 9.17) is 9.47 Å². The highest BCUT2D eigenvalue weighted by Gasteiger charge is 2.36. The Labute approximate surface area is 149 Å². The first-order chi connectivity index (χ1) is 12.2. The number of hydrogen-bond acceptors (Lipinski definition) is 5. The molecular weight excluding hydrogens is 338 g/mol. The van der Waals surface area contributed by atoms with Crippen molar-refractivity contribution >= 4 is 29.1 Å². The van der Waals surface area contributed by atoms with Crippen LogP contribution in [-0.2, 0) is 4.79 Å². The van der Waals surface area contributed by atoms with Crippen molar-refractivity contribution in [2.24, 2.45) is 0 Å². The lowest BCUT2D eigenvalue weighted by Gasteiger charge is -2.26. The molecule has 5 nitrogen and oxygen atoms in total. The summed E-state index contributed by atoms with van der Waals surface area (Å²) >= 11 is 1.32. The average Bonchev–Trinajstić information content (AvgIpc) is 2.82. The molecular formula is C19H15NO4S. The summed E-state index contributed by atoms with van der Waals surface area (Å²) < 4.78 is 11.1. The minimum Gasteiger partial charge on any atom is -0.497 e. The van der Waals surface area contributed by atoms with Gasteiger partial charge in [0, 0.05) is 11.9 Å². The van der Waals surface area contributed by atoms with Gasteiger partial charge < -0.3 is 9.47 Å². The van der Waals surface area contributed by atoms with Crippen molar-refractivity contribution in [3.63, 3.8) is 0 Å². The molecule has 25 heavy (non-hydrogen) atoms. The van der Waals surface area contributed by atoms with E-state index in [0.29, 0.717) is 28.3 Å². The van der Waals surface area contributed by atoms with E-state index < -0.39 is 5.44 Å². The van der Waals surface area contributed by atoms with Gasteiger partial charge in [-0.15, -0.1) is 11.8 Å². The highest BCUT2D eigenvalue weighted by Crippen LogP contribution is 2.37. The molecule has 4 rings (SSSR count). The van der Waals surface area contributed by atoms with Gasteiger partial charge in [-0.25, -0.2) is 0 Å². The fourth-order valence-corrected chi connectivity index (χ4v) is 3.78. The third-order valence-corrected chi connectivity index (χ3v) is 5.19. The second-order valence-electron chi connectivity index (χ2n) is 5.63. The molecule has 2 heterocycles. The van der Waals surface area contributed by atoms with Gasteiger partial charge in [0.15, 0.2) is 11.2 Å². The number of hydrogen-bond donors (Lipinski definition) is 0. The summed E-state index contributed by atoms with van der Waals surface area (Å²) in [6.07, 6.45) is 1.60. The van der Waals surface area contributed by atoms with Crippen molar-refractivity contribution in [1.82, 2.24) is 0 Å². The number of anilines is 1. The molecule has 0 aliphatic carbocycles. The number of thioether (sulfide) groups is 1. The van der Waals surface area contributed by atoms with Crippen LogP contribution in [0.3, 0.4) is 0 Å². The lowest BCUT2D eigenvalue weighted by Crippen LogP contribution is -2.28. The number of fused-ring (bicyclic) bond motifs is 2. The second-order valence-corrected chi connectivity index (χ2v) is 6.68. The largest absolute Gasteiger partial charge is 0.497 e. The molecule has 1 unspecified atom stereocenters. The van der Waals surface area contributed by atoms with Gasteiger partial charge in [-0.2, -0.15) is 0 Å².